The maximum Gasteiger partial charge on any atom is 0.226 e. The summed E-state index contributed by atoms with van der Waals surface area (Å²) in [6.07, 6.45) is 0.701. The summed E-state index contributed by atoms with van der Waals surface area (Å²) >= 11 is 0. The molecule has 1 amide bonds. The van der Waals surface area contributed by atoms with Crippen molar-refractivity contribution in [3.8, 4) is 28.8 Å². The van der Waals surface area contributed by atoms with E-state index < -0.39 is 34.1 Å². The number of hydrogen-bond donors (Lipinski definition) is 3. The van der Waals surface area contributed by atoms with E-state index in [0.29, 0.717) is 60.9 Å². The van der Waals surface area contributed by atoms with E-state index in [1.165, 1.54) is 12.1 Å². The second kappa shape index (κ2) is 10.7. The van der Waals surface area contributed by atoms with Gasteiger partial charge >= 0.3 is 0 Å². The Morgan fingerprint density at radius 3 is 2.37 bits per heavy atom. The summed E-state index contributed by atoms with van der Waals surface area (Å²) < 4.78 is 54.5. The molecule has 3 aromatic rings. The Bertz CT molecular complexity index is 1460. The van der Waals surface area contributed by atoms with Crippen LogP contribution >= 0.6 is 10.6 Å². The molecule has 2 aromatic carbocycles. The van der Waals surface area contributed by atoms with Gasteiger partial charge in [-0.2, -0.15) is 15.9 Å². The van der Waals surface area contributed by atoms with Crippen molar-refractivity contribution in [1.82, 2.24) is 10.3 Å². The number of carbonyl (C=O) groups excluding carboxylic acids is 1. The zero-order valence-electron chi connectivity index (χ0n) is 22.4. The number of amides is 1. The first kappa shape index (κ1) is 27.7. The number of oxazole rings is 1. The van der Waals surface area contributed by atoms with E-state index in [0.717, 1.165) is 11.3 Å². The van der Waals surface area contributed by atoms with Gasteiger partial charge < -0.3 is 14.6 Å². The van der Waals surface area contributed by atoms with Crippen LogP contribution in [0.4, 0.5) is 14.5 Å². The second-order valence-electron chi connectivity index (χ2n) is 11.3. The number of alkyl halides is 1. The lowest BCUT2D eigenvalue weighted by Gasteiger charge is -2.41. The Balaban J connectivity index is 1.35. The molecule has 3 N–H and O–H groups in total. The molecule has 1 aromatic heterocycles. The van der Waals surface area contributed by atoms with E-state index >= 15 is 0 Å². The first-order valence-corrected chi connectivity index (χ1v) is 15.8. The Labute approximate surface area is 238 Å². The summed E-state index contributed by atoms with van der Waals surface area (Å²) in [6.45, 7) is 1.08. The minimum Gasteiger partial charge on any atom is -0.440 e. The van der Waals surface area contributed by atoms with Crippen LogP contribution in [0, 0.1) is 23.1 Å². The molecule has 0 spiro atoms. The average molecular weight is 583 g/mol. The summed E-state index contributed by atoms with van der Waals surface area (Å²) in [6, 6.07) is 15.7. The van der Waals surface area contributed by atoms with Crippen LogP contribution in [0.3, 0.4) is 0 Å². The lowest BCUT2D eigenvalue weighted by Crippen LogP contribution is -2.44. The van der Waals surface area contributed by atoms with Crippen molar-refractivity contribution in [2.75, 3.05) is 29.5 Å². The molecule has 0 radical (unpaired) electrons. The molecule has 3 aliphatic rings. The Kier molecular flexibility index (Phi) is 7.26. The summed E-state index contributed by atoms with van der Waals surface area (Å²) in [5, 5.41) is 12.4. The van der Waals surface area contributed by atoms with E-state index in [2.05, 4.69) is 16.3 Å². The number of nitriles is 1. The van der Waals surface area contributed by atoms with Gasteiger partial charge in [0.15, 0.2) is 0 Å². The number of nitrogens with zero attached hydrogens (tertiary/aromatic N) is 3. The van der Waals surface area contributed by atoms with Gasteiger partial charge in [-0.1, -0.05) is 12.1 Å². The number of nitrogens with one attached hydrogen (secondary N) is 1. The van der Waals surface area contributed by atoms with Crippen molar-refractivity contribution in [2.24, 2.45) is 5.92 Å². The maximum atomic E-state index is 14.7. The molecule has 0 bridgehead atoms. The van der Waals surface area contributed by atoms with Gasteiger partial charge in [0.05, 0.1) is 23.5 Å². The zero-order valence-corrected chi connectivity index (χ0v) is 23.2. The van der Waals surface area contributed by atoms with Gasteiger partial charge in [0.1, 0.15) is 29.0 Å². The molecule has 1 saturated heterocycles. The molecular weight excluding hydrogens is 550 g/mol. The van der Waals surface area contributed by atoms with Gasteiger partial charge in [-0.3, -0.25) is 13.9 Å². The number of benzene rings is 2. The highest BCUT2D eigenvalue weighted by Gasteiger charge is 2.48. The van der Waals surface area contributed by atoms with Crippen LogP contribution in [0.5, 0.6) is 0 Å². The smallest absolute Gasteiger partial charge is 0.226 e. The van der Waals surface area contributed by atoms with E-state index in [1.54, 1.807) is 12.1 Å². The molecule has 2 heterocycles. The third-order valence-corrected chi connectivity index (χ3v) is 10.1. The van der Waals surface area contributed by atoms with Crippen molar-refractivity contribution in [3.05, 3.63) is 60.1 Å². The second-order valence-corrected chi connectivity index (χ2v) is 13.7. The van der Waals surface area contributed by atoms with E-state index in [1.807, 2.05) is 24.3 Å². The molecule has 2 saturated carbocycles. The number of anilines is 1. The zero-order chi connectivity index (χ0) is 28.8. The highest BCUT2D eigenvalue weighted by atomic mass is 32.3. The largest absolute Gasteiger partial charge is 0.440 e. The van der Waals surface area contributed by atoms with Crippen LogP contribution < -0.4 is 10.2 Å². The fourth-order valence-electron chi connectivity index (χ4n) is 5.76. The summed E-state index contributed by atoms with van der Waals surface area (Å²) in [4.78, 5) is 20.3. The highest BCUT2D eigenvalue weighted by Crippen LogP contribution is 2.46. The quantitative estimate of drug-likeness (QED) is 0.320. The van der Waals surface area contributed by atoms with Gasteiger partial charge in [-0.15, -0.1) is 0 Å². The SMILES string of the molecule is N#CC1(NC(=O)[C@@H]2C[C@@H](F)CC[C@H]2c2oc(-c3ccc(F)cc3)nc2-c2ccc(N3CCS(O)(O)CC3)cc2)CC1. The molecule has 2 aliphatic carbocycles. The minimum absolute atomic E-state index is 0.0249. The predicted molar refractivity (Wildman–Crippen MR) is 153 cm³/mol. The van der Waals surface area contributed by atoms with Crippen LogP contribution in [0.25, 0.3) is 22.7 Å². The topological polar surface area (TPSA) is 123 Å². The van der Waals surface area contributed by atoms with Gasteiger partial charge in [-0.05, 0) is 68.5 Å². The van der Waals surface area contributed by atoms with Gasteiger partial charge in [-0.25, -0.2) is 13.8 Å². The predicted octanol–water partition coefficient (Wildman–Crippen LogP) is 6.11. The summed E-state index contributed by atoms with van der Waals surface area (Å²) in [5.74, 6) is -0.526. The molecule has 1 aliphatic heterocycles. The van der Waals surface area contributed by atoms with Crippen LogP contribution in [0.15, 0.2) is 52.9 Å². The Morgan fingerprint density at radius 2 is 1.73 bits per heavy atom. The van der Waals surface area contributed by atoms with Crippen LogP contribution in [-0.2, 0) is 4.79 Å². The number of rotatable bonds is 6. The first-order chi connectivity index (χ1) is 19.7. The average Bonchev–Trinajstić information content (AvgIpc) is 3.60. The molecule has 3 atom stereocenters. The normalized spacial score (nSPS) is 25.6. The summed E-state index contributed by atoms with van der Waals surface area (Å²) in [5.41, 5.74) is 1.93. The lowest BCUT2D eigenvalue weighted by atomic mass is 9.75. The maximum absolute atomic E-state index is 14.7. The van der Waals surface area contributed by atoms with Gasteiger partial charge in [0.2, 0.25) is 11.8 Å². The molecule has 0 unspecified atom stereocenters. The lowest BCUT2D eigenvalue weighted by molar-refractivity contribution is -0.128. The molecule has 6 rings (SSSR count). The molecule has 8 nitrogen and oxygen atoms in total. The third kappa shape index (κ3) is 5.82. The van der Waals surface area contributed by atoms with Crippen molar-refractivity contribution >= 4 is 22.2 Å². The highest BCUT2D eigenvalue weighted by molar-refractivity contribution is 8.24. The Morgan fingerprint density at radius 1 is 1.07 bits per heavy atom. The molecular formula is C30H32F2N4O4S. The number of hydrogen-bond acceptors (Lipinski definition) is 7. The Hall–Kier alpha value is -3.46. The standard InChI is InChI=1S/C30H32F2N4O4S/c31-21-5-1-20(2-6-21)29-34-26(19-3-8-23(9-4-19)36-13-15-41(38,39)16-14-36)27(40-29)24-10-7-22(32)17-25(24)28(37)35-30(18-33)11-12-30/h1-6,8-9,22,24-25,38-39H,7,10-17H2,(H,35,37)/t22-,24+,25+/m0/s1. The molecule has 11 heteroatoms. The van der Waals surface area contributed by atoms with Crippen molar-refractivity contribution in [3.63, 3.8) is 0 Å². The molecule has 216 valence electrons. The fraction of sp³-hybridized carbons (Fsp3) is 0.433. The molecule has 41 heavy (non-hydrogen) atoms. The van der Waals surface area contributed by atoms with E-state index in [-0.39, 0.29) is 30.5 Å². The monoisotopic (exact) mass is 582 g/mol. The number of halogens is 2. The minimum atomic E-state index is -2.51. The third-order valence-electron chi connectivity index (χ3n) is 8.41. The van der Waals surface area contributed by atoms with Gasteiger partial charge in [0, 0.05) is 35.8 Å². The van der Waals surface area contributed by atoms with Crippen LogP contribution in [-0.4, -0.2) is 56.3 Å². The van der Waals surface area contributed by atoms with Crippen molar-refractivity contribution in [1.29, 1.82) is 5.26 Å². The van der Waals surface area contributed by atoms with E-state index in [9.17, 15) is 27.9 Å². The first-order valence-electron chi connectivity index (χ1n) is 13.9. The molecule has 3 fully saturated rings. The van der Waals surface area contributed by atoms with Crippen molar-refractivity contribution in [2.45, 2.75) is 49.7 Å². The van der Waals surface area contributed by atoms with E-state index in [4.69, 9.17) is 9.40 Å². The van der Waals surface area contributed by atoms with Crippen LogP contribution in [0.1, 0.15) is 43.8 Å². The van der Waals surface area contributed by atoms with Gasteiger partial charge in [0.25, 0.3) is 0 Å². The van der Waals surface area contributed by atoms with Crippen LogP contribution in [0.2, 0.25) is 0 Å². The summed E-state index contributed by atoms with van der Waals surface area (Å²) in [7, 11) is -2.51. The van der Waals surface area contributed by atoms with Crippen molar-refractivity contribution < 1.29 is 27.1 Å². The number of aromatic nitrogens is 1. The number of carbonyl (C=O) groups is 1. The fourth-order valence-corrected chi connectivity index (χ4v) is 6.99.